The molecular weight excluding hydrogens is 290 g/mol. The summed E-state index contributed by atoms with van der Waals surface area (Å²) in [5, 5.41) is 0.899. The Hall–Kier alpha value is -2.92. The number of aryl methyl sites for hydroxylation is 1. The largest absolute Gasteiger partial charge is 0.322 e. The lowest BCUT2D eigenvalue weighted by molar-refractivity contribution is -0.120. The van der Waals surface area contributed by atoms with Crippen LogP contribution in [0.25, 0.3) is 22.0 Å². The average Bonchev–Trinajstić information content (AvgIpc) is 2.56. The number of benzene rings is 2. The molecule has 1 heterocycles. The van der Waals surface area contributed by atoms with Crippen molar-refractivity contribution >= 4 is 16.8 Å². The molecule has 0 aliphatic rings. The predicted octanol–water partition coefficient (Wildman–Crippen LogP) is 2.04. The van der Waals surface area contributed by atoms with Crippen LogP contribution < -0.4 is 16.8 Å². The van der Waals surface area contributed by atoms with Crippen molar-refractivity contribution in [2.75, 3.05) is 0 Å². The molecule has 0 saturated heterocycles. The Bertz CT molecular complexity index is 927. The van der Waals surface area contributed by atoms with Crippen LogP contribution >= 0.6 is 0 Å². The van der Waals surface area contributed by atoms with Gasteiger partial charge in [-0.25, -0.2) is 5.84 Å². The number of amides is 1. The third kappa shape index (κ3) is 2.86. The molecule has 23 heavy (non-hydrogen) atoms. The first kappa shape index (κ1) is 15.0. The van der Waals surface area contributed by atoms with Gasteiger partial charge in [-0.15, -0.1) is 0 Å². The number of carbonyl (C=O) groups is 1. The Morgan fingerprint density at radius 2 is 1.83 bits per heavy atom. The predicted molar refractivity (Wildman–Crippen MR) is 90.8 cm³/mol. The second kappa shape index (κ2) is 6.06. The first-order valence-corrected chi connectivity index (χ1v) is 7.30. The second-order valence-electron chi connectivity index (χ2n) is 5.46. The van der Waals surface area contributed by atoms with Crippen molar-refractivity contribution < 1.29 is 4.79 Å². The smallest absolute Gasteiger partial charge is 0.252 e. The zero-order chi connectivity index (χ0) is 16.4. The molecule has 116 valence electrons. The molecule has 0 aliphatic heterocycles. The SMILES string of the molecule is Cc1ccc(-c2c(CC(=O)NN)c(=O)[nH]c3ccccc23)cc1. The maximum Gasteiger partial charge on any atom is 0.252 e. The normalized spacial score (nSPS) is 10.7. The van der Waals surface area contributed by atoms with E-state index in [1.54, 1.807) is 0 Å². The topological polar surface area (TPSA) is 88.0 Å². The van der Waals surface area contributed by atoms with E-state index in [-0.39, 0.29) is 12.0 Å². The van der Waals surface area contributed by atoms with Gasteiger partial charge in [-0.05, 0) is 18.6 Å². The van der Waals surface area contributed by atoms with Crippen LogP contribution in [0.5, 0.6) is 0 Å². The molecular formula is C18H17N3O2. The van der Waals surface area contributed by atoms with Gasteiger partial charge in [-0.3, -0.25) is 15.0 Å². The van der Waals surface area contributed by atoms with Gasteiger partial charge >= 0.3 is 0 Å². The Kier molecular flexibility index (Phi) is 3.95. The molecule has 1 aromatic heterocycles. The van der Waals surface area contributed by atoms with Gasteiger partial charge in [0.15, 0.2) is 0 Å². The van der Waals surface area contributed by atoms with E-state index in [2.05, 4.69) is 10.4 Å². The van der Waals surface area contributed by atoms with Crippen molar-refractivity contribution in [3.05, 3.63) is 70.0 Å². The fourth-order valence-electron chi connectivity index (χ4n) is 2.71. The first-order chi connectivity index (χ1) is 11.1. The van der Waals surface area contributed by atoms with Gasteiger partial charge in [-0.1, -0.05) is 48.0 Å². The molecule has 4 N–H and O–H groups in total. The number of hydrazine groups is 1. The molecule has 0 fully saturated rings. The highest BCUT2D eigenvalue weighted by atomic mass is 16.2. The van der Waals surface area contributed by atoms with Crippen molar-refractivity contribution in [3.63, 3.8) is 0 Å². The van der Waals surface area contributed by atoms with E-state index in [1.807, 2.05) is 55.5 Å². The average molecular weight is 307 g/mol. The van der Waals surface area contributed by atoms with Crippen LogP contribution in [0, 0.1) is 6.92 Å². The quantitative estimate of drug-likeness (QED) is 0.393. The number of nitrogens with two attached hydrogens (primary N) is 1. The lowest BCUT2D eigenvalue weighted by Crippen LogP contribution is -2.33. The van der Waals surface area contributed by atoms with Crippen LogP contribution in [0.2, 0.25) is 0 Å². The highest BCUT2D eigenvalue weighted by Gasteiger charge is 2.16. The summed E-state index contributed by atoms with van der Waals surface area (Å²) in [7, 11) is 0. The van der Waals surface area contributed by atoms with Crippen LogP contribution in [-0.4, -0.2) is 10.9 Å². The highest BCUT2D eigenvalue weighted by Crippen LogP contribution is 2.29. The van der Waals surface area contributed by atoms with Crippen molar-refractivity contribution in [1.29, 1.82) is 0 Å². The van der Waals surface area contributed by atoms with Crippen LogP contribution in [0.3, 0.4) is 0 Å². The van der Waals surface area contributed by atoms with E-state index >= 15 is 0 Å². The Labute approximate surface area is 133 Å². The molecule has 5 heteroatoms. The molecule has 3 rings (SSSR count). The Morgan fingerprint density at radius 1 is 1.13 bits per heavy atom. The van der Waals surface area contributed by atoms with Crippen molar-refractivity contribution in [3.8, 4) is 11.1 Å². The Morgan fingerprint density at radius 3 is 2.52 bits per heavy atom. The zero-order valence-electron chi connectivity index (χ0n) is 12.7. The third-order valence-corrected chi connectivity index (χ3v) is 3.86. The molecule has 0 saturated carbocycles. The molecule has 5 nitrogen and oxygen atoms in total. The number of hydrogen-bond donors (Lipinski definition) is 3. The number of fused-ring (bicyclic) bond motifs is 1. The maximum absolute atomic E-state index is 12.5. The number of H-pyrrole nitrogens is 1. The van der Waals surface area contributed by atoms with Crippen molar-refractivity contribution in [1.82, 2.24) is 10.4 Å². The summed E-state index contributed by atoms with van der Waals surface area (Å²) in [6.07, 6.45) is -0.0696. The molecule has 0 atom stereocenters. The zero-order valence-corrected chi connectivity index (χ0v) is 12.7. The molecule has 0 aliphatic carbocycles. The lowest BCUT2D eigenvalue weighted by atomic mass is 9.94. The van der Waals surface area contributed by atoms with E-state index in [0.29, 0.717) is 5.56 Å². The molecule has 0 spiro atoms. The number of carbonyl (C=O) groups excluding carboxylic acids is 1. The summed E-state index contributed by atoms with van der Waals surface area (Å²) >= 11 is 0. The number of hydrogen-bond acceptors (Lipinski definition) is 3. The van der Waals surface area contributed by atoms with E-state index in [9.17, 15) is 9.59 Å². The van der Waals surface area contributed by atoms with Crippen LogP contribution in [0.4, 0.5) is 0 Å². The van der Waals surface area contributed by atoms with E-state index in [1.165, 1.54) is 0 Å². The minimum Gasteiger partial charge on any atom is -0.322 e. The van der Waals surface area contributed by atoms with Gasteiger partial charge in [0.25, 0.3) is 5.56 Å². The van der Waals surface area contributed by atoms with Crippen LogP contribution in [0.15, 0.2) is 53.3 Å². The number of aromatic amines is 1. The van der Waals surface area contributed by atoms with E-state index < -0.39 is 5.91 Å². The summed E-state index contributed by atoms with van der Waals surface area (Å²) in [5.74, 6) is 4.78. The summed E-state index contributed by atoms with van der Waals surface area (Å²) in [6.45, 7) is 2.00. The van der Waals surface area contributed by atoms with Gasteiger partial charge in [-0.2, -0.15) is 0 Å². The summed E-state index contributed by atoms with van der Waals surface area (Å²) in [6, 6.07) is 15.4. The van der Waals surface area contributed by atoms with E-state index in [4.69, 9.17) is 5.84 Å². The van der Waals surface area contributed by atoms with Gasteiger partial charge in [0.05, 0.1) is 6.42 Å². The number of pyridine rings is 1. The minimum atomic E-state index is -0.404. The highest BCUT2D eigenvalue weighted by molar-refractivity contribution is 5.97. The fourth-order valence-corrected chi connectivity index (χ4v) is 2.71. The number of para-hydroxylation sites is 1. The van der Waals surface area contributed by atoms with Gasteiger partial charge in [0.2, 0.25) is 5.91 Å². The fraction of sp³-hybridized carbons (Fsp3) is 0.111. The first-order valence-electron chi connectivity index (χ1n) is 7.30. The molecule has 0 bridgehead atoms. The monoisotopic (exact) mass is 307 g/mol. The summed E-state index contributed by atoms with van der Waals surface area (Å²) in [4.78, 5) is 27.0. The molecule has 0 unspecified atom stereocenters. The number of nitrogens with one attached hydrogen (secondary N) is 2. The van der Waals surface area contributed by atoms with Gasteiger partial charge in [0, 0.05) is 22.0 Å². The van der Waals surface area contributed by atoms with Crippen LogP contribution in [0.1, 0.15) is 11.1 Å². The molecule has 2 aromatic carbocycles. The third-order valence-electron chi connectivity index (χ3n) is 3.86. The van der Waals surface area contributed by atoms with Crippen molar-refractivity contribution in [2.45, 2.75) is 13.3 Å². The molecule has 3 aromatic rings. The minimum absolute atomic E-state index is 0.0696. The lowest BCUT2D eigenvalue weighted by Gasteiger charge is -2.13. The maximum atomic E-state index is 12.5. The van der Waals surface area contributed by atoms with Gasteiger partial charge in [0.1, 0.15) is 0 Å². The van der Waals surface area contributed by atoms with Gasteiger partial charge < -0.3 is 4.98 Å². The van der Waals surface area contributed by atoms with Crippen LogP contribution in [-0.2, 0) is 11.2 Å². The van der Waals surface area contributed by atoms with Crippen molar-refractivity contribution in [2.24, 2.45) is 5.84 Å². The number of aromatic nitrogens is 1. The number of rotatable bonds is 3. The second-order valence-corrected chi connectivity index (χ2v) is 5.46. The summed E-state index contributed by atoms with van der Waals surface area (Å²) in [5.41, 5.74) is 5.76. The summed E-state index contributed by atoms with van der Waals surface area (Å²) < 4.78 is 0. The van der Waals surface area contributed by atoms with E-state index in [0.717, 1.165) is 27.6 Å². The molecule has 1 amide bonds. The standard InChI is InChI=1S/C18H17N3O2/c1-11-6-8-12(9-7-11)17-13-4-2-3-5-15(13)20-18(23)14(17)10-16(22)21-19/h2-9H,10,19H2,1H3,(H,20,23)(H,21,22). The molecule has 0 radical (unpaired) electrons. The Balaban J connectivity index is 2.34.